The summed E-state index contributed by atoms with van der Waals surface area (Å²) in [6, 6.07) is 1.84. The van der Waals surface area contributed by atoms with E-state index in [2.05, 4.69) is 39.7 Å². The van der Waals surface area contributed by atoms with Crippen molar-refractivity contribution in [1.82, 2.24) is 14.9 Å². The van der Waals surface area contributed by atoms with E-state index in [1.807, 2.05) is 6.07 Å². The summed E-state index contributed by atoms with van der Waals surface area (Å²) in [5, 5.41) is 0. The SMILES string of the molecule is CC(C)(CN=C(N)N1CCN(c2ncccn2)CC1)C1=CCCC1. The maximum atomic E-state index is 6.25. The molecule has 0 radical (unpaired) electrons. The summed E-state index contributed by atoms with van der Waals surface area (Å²) < 4.78 is 0. The van der Waals surface area contributed by atoms with E-state index in [1.54, 1.807) is 12.4 Å². The largest absolute Gasteiger partial charge is 0.370 e. The highest BCUT2D eigenvalue weighted by molar-refractivity contribution is 5.78. The number of nitrogens with two attached hydrogens (primary N) is 1. The van der Waals surface area contributed by atoms with Crippen LogP contribution in [0, 0.1) is 5.41 Å². The molecule has 0 atom stereocenters. The summed E-state index contributed by atoms with van der Waals surface area (Å²) in [7, 11) is 0. The van der Waals surface area contributed by atoms with E-state index in [9.17, 15) is 0 Å². The third-order valence-electron chi connectivity index (χ3n) is 4.99. The van der Waals surface area contributed by atoms with E-state index in [4.69, 9.17) is 10.7 Å². The first-order valence-corrected chi connectivity index (χ1v) is 8.82. The molecule has 1 aromatic rings. The average Bonchev–Trinajstić information content (AvgIpc) is 3.16. The van der Waals surface area contributed by atoms with Gasteiger partial charge in [-0.1, -0.05) is 25.5 Å². The molecule has 2 heterocycles. The molecule has 0 amide bonds. The summed E-state index contributed by atoms with van der Waals surface area (Å²) >= 11 is 0. The van der Waals surface area contributed by atoms with Crippen LogP contribution in [-0.4, -0.2) is 53.6 Å². The van der Waals surface area contributed by atoms with Gasteiger partial charge in [0.1, 0.15) is 0 Å². The number of hydrogen-bond acceptors (Lipinski definition) is 4. The standard InChI is InChI=1S/C18H28N6/c1-18(2,15-6-3-4-7-15)14-22-16(19)23-10-12-24(13-11-23)17-20-8-5-9-21-17/h5-6,8-9H,3-4,7,10-14H2,1-2H3,(H2,19,22). The Morgan fingerprint density at radius 2 is 1.92 bits per heavy atom. The topological polar surface area (TPSA) is 70.6 Å². The summed E-state index contributed by atoms with van der Waals surface area (Å²) in [5.41, 5.74) is 7.89. The second-order valence-electron chi connectivity index (χ2n) is 7.20. The van der Waals surface area contributed by atoms with E-state index in [-0.39, 0.29) is 5.41 Å². The minimum atomic E-state index is 0.112. The summed E-state index contributed by atoms with van der Waals surface area (Å²) in [4.78, 5) is 17.7. The van der Waals surface area contributed by atoms with Crippen molar-refractivity contribution in [2.75, 3.05) is 37.6 Å². The minimum absolute atomic E-state index is 0.112. The molecule has 1 saturated heterocycles. The molecule has 2 aliphatic rings. The van der Waals surface area contributed by atoms with E-state index in [0.29, 0.717) is 5.96 Å². The van der Waals surface area contributed by atoms with Crippen LogP contribution in [0.3, 0.4) is 0 Å². The summed E-state index contributed by atoms with van der Waals surface area (Å²) in [6.07, 6.45) is 9.64. The molecule has 6 nitrogen and oxygen atoms in total. The van der Waals surface area contributed by atoms with Gasteiger partial charge in [-0.2, -0.15) is 0 Å². The van der Waals surface area contributed by atoms with Crippen LogP contribution >= 0.6 is 0 Å². The number of rotatable bonds is 4. The lowest BCUT2D eigenvalue weighted by molar-refractivity contribution is 0.373. The van der Waals surface area contributed by atoms with Gasteiger partial charge in [0, 0.05) is 44.0 Å². The molecule has 130 valence electrons. The van der Waals surface area contributed by atoms with Gasteiger partial charge in [-0.15, -0.1) is 0 Å². The van der Waals surface area contributed by atoms with E-state index >= 15 is 0 Å². The van der Waals surface area contributed by atoms with Gasteiger partial charge < -0.3 is 15.5 Å². The van der Waals surface area contributed by atoms with Gasteiger partial charge in [-0.05, 0) is 25.3 Å². The fourth-order valence-corrected chi connectivity index (χ4v) is 3.36. The number of anilines is 1. The van der Waals surface area contributed by atoms with Crippen LogP contribution < -0.4 is 10.6 Å². The Balaban J connectivity index is 1.54. The first-order valence-electron chi connectivity index (χ1n) is 8.82. The van der Waals surface area contributed by atoms with Crippen molar-refractivity contribution < 1.29 is 0 Å². The Morgan fingerprint density at radius 3 is 2.54 bits per heavy atom. The lowest BCUT2D eigenvalue weighted by Gasteiger charge is -2.35. The van der Waals surface area contributed by atoms with Crippen molar-refractivity contribution in [3.05, 3.63) is 30.1 Å². The second kappa shape index (κ2) is 7.20. The van der Waals surface area contributed by atoms with Gasteiger partial charge in [-0.25, -0.2) is 9.97 Å². The quantitative estimate of drug-likeness (QED) is 0.520. The Hall–Kier alpha value is -2.11. The number of piperazine rings is 1. The Labute approximate surface area is 144 Å². The fraction of sp³-hybridized carbons (Fsp3) is 0.611. The Bertz CT molecular complexity index is 599. The number of guanidine groups is 1. The molecule has 1 aliphatic carbocycles. The van der Waals surface area contributed by atoms with E-state index in [1.165, 1.54) is 24.8 Å². The second-order valence-corrected chi connectivity index (χ2v) is 7.20. The third kappa shape index (κ3) is 3.86. The molecule has 3 rings (SSSR count). The smallest absolute Gasteiger partial charge is 0.225 e. The van der Waals surface area contributed by atoms with Gasteiger partial charge in [0.05, 0.1) is 6.54 Å². The summed E-state index contributed by atoms with van der Waals surface area (Å²) in [5.74, 6) is 1.46. The van der Waals surface area contributed by atoms with Gasteiger partial charge in [0.25, 0.3) is 0 Å². The number of allylic oxidation sites excluding steroid dienone is 1. The monoisotopic (exact) mass is 328 g/mol. The number of nitrogens with zero attached hydrogens (tertiary/aromatic N) is 5. The number of hydrogen-bond donors (Lipinski definition) is 1. The highest BCUT2D eigenvalue weighted by Crippen LogP contribution is 2.34. The predicted octanol–water partition coefficient (Wildman–Crippen LogP) is 2.05. The van der Waals surface area contributed by atoms with Crippen LogP contribution in [0.2, 0.25) is 0 Å². The Kier molecular flexibility index (Phi) is 5.02. The fourth-order valence-electron chi connectivity index (χ4n) is 3.36. The molecule has 1 aliphatic heterocycles. The highest BCUT2D eigenvalue weighted by atomic mass is 15.3. The molecule has 0 aromatic carbocycles. The van der Waals surface area contributed by atoms with Crippen molar-refractivity contribution in [1.29, 1.82) is 0 Å². The molecule has 24 heavy (non-hydrogen) atoms. The molecule has 0 unspecified atom stereocenters. The predicted molar refractivity (Wildman–Crippen MR) is 98.0 cm³/mol. The van der Waals surface area contributed by atoms with E-state index in [0.717, 1.165) is 38.7 Å². The van der Waals surface area contributed by atoms with Crippen molar-refractivity contribution in [3.8, 4) is 0 Å². The lowest BCUT2D eigenvalue weighted by Crippen LogP contribution is -2.51. The number of aliphatic imine (C=N–C) groups is 1. The molecule has 6 heteroatoms. The molecular formula is C18H28N6. The van der Waals surface area contributed by atoms with Crippen LogP contribution in [0.25, 0.3) is 0 Å². The van der Waals surface area contributed by atoms with Crippen molar-refractivity contribution in [2.45, 2.75) is 33.1 Å². The molecule has 1 aromatic heterocycles. The van der Waals surface area contributed by atoms with Crippen LogP contribution in [0.15, 0.2) is 35.1 Å². The molecule has 1 fully saturated rings. The van der Waals surface area contributed by atoms with Gasteiger partial charge in [0.15, 0.2) is 5.96 Å². The minimum Gasteiger partial charge on any atom is -0.370 e. The highest BCUT2D eigenvalue weighted by Gasteiger charge is 2.26. The first-order chi connectivity index (χ1) is 11.6. The van der Waals surface area contributed by atoms with Gasteiger partial charge >= 0.3 is 0 Å². The van der Waals surface area contributed by atoms with Crippen molar-refractivity contribution >= 4 is 11.9 Å². The number of aromatic nitrogens is 2. The Morgan fingerprint density at radius 1 is 1.21 bits per heavy atom. The van der Waals surface area contributed by atoms with Crippen LogP contribution in [0.1, 0.15) is 33.1 Å². The van der Waals surface area contributed by atoms with Gasteiger partial charge in [-0.3, -0.25) is 4.99 Å². The van der Waals surface area contributed by atoms with Crippen molar-refractivity contribution in [2.24, 2.45) is 16.1 Å². The molecule has 0 saturated carbocycles. The maximum absolute atomic E-state index is 6.25. The van der Waals surface area contributed by atoms with E-state index < -0.39 is 0 Å². The van der Waals surface area contributed by atoms with Gasteiger partial charge in [0.2, 0.25) is 5.95 Å². The maximum Gasteiger partial charge on any atom is 0.225 e. The molecule has 2 N–H and O–H groups in total. The third-order valence-corrected chi connectivity index (χ3v) is 4.99. The zero-order valence-electron chi connectivity index (χ0n) is 14.8. The molecule has 0 bridgehead atoms. The average molecular weight is 328 g/mol. The lowest BCUT2D eigenvalue weighted by atomic mass is 9.84. The molecular weight excluding hydrogens is 300 g/mol. The normalized spacial score (nSPS) is 19.6. The summed E-state index contributed by atoms with van der Waals surface area (Å²) in [6.45, 7) is 8.75. The van der Waals surface area contributed by atoms with Crippen LogP contribution in [0.5, 0.6) is 0 Å². The first kappa shape index (κ1) is 16.7. The van der Waals surface area contributed by atoms with Crippen LogP contribution in [-0.2, 0) is 0 Å². The molecule has 0 spiro atoms. The van der Waals surface area contributed by atoms with Crippen molar-refractivity contribution in [3.63, 3.8) is 0 Å². The zero-order valence-corrected chi connectivity index (χ0v) is 14.8. The zero-order chi connectivity index (χ0) is 17.0. The van der Waals surface area contributed by atoms with Crippen LogP contribution in [0.4, 0.5) is 5.95 Å².